The second-order valence-electron chi connectivity index (χ2n) is 4.58. The number of nitrogen functional groups attached to an aromatic ring is 1. The number of anilines is 1. The number of fused-ring (bicyclic) bond motifs is 1. The van der Waals surface area contributed by atoms with Gasteiger partial charge in [-0.1, -0.05) is 6.92 Å². The molecule has 2 aromatic rings. The van der Waals surface area contributed by atoms with Gasteiger partial charge in [0.2, 0.25) is 0 Å². The fourth-order valence-electron chi connectivity index (χ4n) is 2.09. The number of hydrogen-bond donors (Lipinski definition) is 3. The van der Waals surface area contributed by atoms with E-state index in [1.54, 1.807) is 10.9 Å². The van der Waals surface area contributed by atoms with Gasteiger partial charge in [0.25, 0.3) is 0 Å². The molecule has 0 aliphatic heterocycles. The minimum Gasteiger partial charge on any atom is -0.396 e. The minimum atomic E-state index is 0.188. The van der Waals surface area contributed by atoms with Crippen molar-refractivity contribution in [1.29, 1.82) is 0 Å². The molecule has 0 aromatic carbocycles. The lowest BCUT2D eigenvalue weighted by Gasteiger charge is -2.19. The molecule has 0 saturated heterocycles. The Morgan fingerprint density at radius 1 is 1.45 bits per heavy atom. The fourth-order valence-corrected chi connectivity index (χ4v) is 2.09. The van der Waals surface area contributed by atoms with Crippen LogP contribution >= 0.6 is 0 Å². The van der Waals surface area contributed by atoms with E-state index in [4.69, 9.17) is 10.9 Å². The van der Waals surface area contributed by atoms with Crippen LogP contribution in [0.25, 0.3) is 11.0 Å². The van der Waals surface area contributed by atoms with Crippen molar-refractivity contribution < 1.29 is 5.11 Å². The molecule has 8 nitrogen and oxygen atoms in total. The first-order chi connectivity index (χ1) is 9.69. The van der Waals surface area contributed by atoms with E-state index in [0.717, 1.165) is 30.5 Å². The van der Waals surface area contributed by atoms with E-state index in [1.165, 1.54) is 0 Å². The summed E-state index contributed by atoms with van der Waals surface area (Å²) in [5.41, 5.74) is 3.35. The monoisotopic (exact) mass is 279 g/mol. The molecular formula is C12H21N7O. The molecule has 0 bridgehead atoms. The molecule has 20 heavy (non-hydrogen) atoms. The first-order valence-corrected chi connectivity index (χ1v) is 6.68. The number of nitrogens with one attached hydrogen (secondary N) is 1. The Hall–Kier alpha value is -1.77. The van der Waals surface area contributed by atoms with Gasteiger partial charge in [-0.25, -0.2) is 15.8 Å². The summed E-state index contributed by atoms with van der Waals surface area (Å²) in [7, 11) is 1.84. The van der Waals surface area contributed by atoms with Crippen LogP contribution in [0.4, 0.5) is 5.82 Å². The highest BCUT2D eigenvalue weighted by Gasteiger charge is 2.12. The highest BCUT2D eigenvalue weighted by molar-refractivity contribution is 5.86. The van der Waals surface area contributed by atoms with Crippen LogP contribution in [0.5, 0.6) is 0 Å². The van der Waals surface area contributed by atoms with Crippen molar-refractivity contribution in [3.05, 3.63) is 12.0 Å². The quantitative estimate of drug-likeness (QED) is 0.478. The van der Waals surface area contributed by atoms with E-state index in [9.17, 15) is 0 Å². The molecule has 8 heteroatoms. The predicted molar refractivity (Wildman–Crippen MR) is 76.8 cm³/mol. The molecule has 0 atom stereocenters. The third-order valence-corrected chi connectivity index (χ3v) is 3.22. The molecule has 2 aromatic heterocycles. The number of nitrogens with zero attached hydrogens (tertiary/aromatic N) is 5. The summed E-state index contributed by atoms with van der Waals surface area (Å²) in [5.74, 6) is 6.78. The molecule has 2 heterocycles. The van der Waals surface area contributed by atoms with Crippen LogP contribution in [0.1, 0.15) is 19.2 Å². The van der Waals surface area contributed by atoms with Gasteiger partial charge >= 0.3 is 0 Å². The average Bonchev–Trinajstić information content (AvgIpc) is 2.84. The van der Waals surface area contributed by atoms with Gasteiger partial charge in [0, 0.05) is 20.2 Å². The van der Waals surface area contributed by atoms with Crippen LogP contribution in [0.2, 0.25) is 0 Å². The van der Waals surface area contributed by atoms with Crippen molar-refractivity contribution in [2.75, 3.05) is 25.1 Å². The minimum absolute atomic E-state index is 0.188. The molecule has 0 radical (unpaired) electrons. The van der Waals surface area contributed by atoms with Gasteiger partial charge in [0.05, 0.1) is 18.1 Å². The second kappa shape index (κ2) is 6.60. The first-order valence-electron chi connectivity index (χ1n) is 6.68. The van der Waals surface area contributed by atoms with Crippen LogP contribution in [0, 0.1) is 0 Å². The Bertz CT molecular complexity index is 568. The molecule has 0 unspecified atom stereocenters. The fraction of sp³-hybridized carbons (Fsp3) is 0.583. The van der Waals surface area contributed by atoms with Crippen molar-refractivity contribution in [3.63, 3.8) is 0 Å². The Labute approximate surface area is 117 Å². The SMILES string of the molecule is CCN(CCCO)Cc1nc(NN)c2cnn(C)c2n1. The van der Waals surface area contributed by atoms with Gasteiger partial charge < -0.3 is 10.5 Å². The van der Waals surface area contributed by atoms with Crippen LogP contribution < -0.4 is 11.3 Å². The molecule has 0 saturated carbocycles. The lowest BCUT2D eigenvalue weighted by molar-refractivity contribution is 0.222. The molecule has 4 N–H and O–H groups in total. The van der Waals surface area contributed by atoms with Gasteiger partial charge in [0.15, 0.2) is 11.5 Å². The van der Waals surface area contributed by atoms with Gasteiger partial charge in [-0.05, 0) is 13.0 Å². The van der Waals surface area contributed by atoms with Gasteiger partial charge in [-0.15, -0.1) is 0 Å². The van der Waals surface area contributed by atoms with Crippen LogP contribution in [0.15, 0.2) is 6.20 Å². The highest BCUT2D eigenvalue weighted by Crippen LogP contribution is 2.19. The molecule has 0 amide bonds. The van der Waals surface area contributed by atoms with E-state index < -0.39 is 0 Å². The number of hydrazine groups is 1. The van der Waals surface area contributed by atoms with Gasteiger partial charge in [-0.2, -0.15) is 5.10 Å². The van der Waals surface area contributed by atoms with E-state index in [0.29, 0.717) is 18.2 Å². The number of rotatable bonds is 7. The Kier molecular flexibility index (Phi) is 4.83. The summed E-state index contributed by atoms with van der Waals surface area (Å²) in [6.07, 6.45) is 2.43. The number of aliphatic hydroxyl groups is 1. The normalized spacial score (nSPS) is 11.4. The summed E-state index contributed by atoms with van der Waals surface area (Å²) >= 11 is 0. The third kappa shape index (κ3) is 3.03. The number of aromatic nitrogens is 4. The summed E-state index contributed by atoms with van der Waals surface area (Å²) in [6, 6.07) is 0. The molecule has 0 spiro atoms. The zero-order valence-electron chi connectivity index (χ0n) is 11.9. The van der Waals surface area contributed by atoms with Gasteiger partial charge in [0.1, 0.15) is 5.82 Å². The lowest BCUT2D eigenvalue weighted by Crippen LogP contribution is -2.26. The molecule has 0 aliphatic carbocycles. The van der Waals surface area contributed by atoms with Crippen molar-refractivity contribution in [2.24, 2.45) is 12.9 Å². The molecule has 0 aliphatic rings. The molecule has 110 valence electrons. The number of nitrogens with two attached hydrogens (primary N) is 1. The average molecular weight is 279 g/mol. The van der Waals surface area contributed by atoms with E-state index in [1.807, 2.05) is 7.05 Å². The Balaban J connectivity index is 2.27. The smallest absolute Gasteiger partial charge is 0.163 e. The van der Waals surface area contributed by atoms with E-state index in [2.05, 4.69) is 32.3 Å². The zero-order valence-corrected chi connectivity index (χ0v) is 11.9. The first kappa shape index (κ1) is 14.6. The lowest BCUT2D eigenvalue weighted by atomic mass is 10.3. The van der Waals surface area contributed by atoms with Crippen molar-refractivity contribution >= 4 is 16.9 Å². The highest BCUT2D eigenvalue weighted by atomic mass is 16.3. The summed E-state index contributed by atoms with van der Waals surface area (Å²) in [6.45, 7) is 4.56. The summed E-state index contributed by atoms with van der Waals surface area (Å²) < 4.78 is 1.70. The van der Waals surface area contributed by atoms with Crippen molar-refractivity contribution in [2.45, 2.75) is 19.9 Å². The Morgan fingerprint density at radius 3 is 2.90 bits per heavy atom. The van der Waals surface area contributed by atoms with E-state index >= 15 is 0 Å². The second-order valence-corrected chi connectivity index (χ2v) is 4.58. The van der Waals surface area contributed by atoms with Crippen molar-refractivity contribution in [3.8, 4) is 0 Å². The van der Waals surface area contributed by atoms with E-state index in [-0.39, 0.29) is 6.61 Å². The third-order valence-electron chi connectivity index (χ3n) is 3.22. The molecule has 0 fully saturated rings. The standard InChI is InChI=1S/C12H21N7O/c1-3-19(5-4-6-20)8-10-15-11(17-13)9-7-14-18(2)12(9)16-10/h7,20H,3-6,8,13H2,1-2H3,(H,15,16,17). The van der Waals surface area contributed by atoms with Crippen LogP contribution in [-0.2, 0) is 13.6 Å². The number of aryl methyl sites for hydroxylation is 1. The van der Waals surface area contributed by atoms with Crippen molar-refractivity contribution in [1.82, 2.24) is 24.6 Å². The zero-order chi connectivity index (χ0) is 14.5. The molecular weight excluding hydrogens is 258 g/mol. The number of aliphatic hydroxyl groups excluding tert-OH is 1. The predicted octanol–water partition coefficient (Wildman–Crippen LogP) is -0.147. The van der Waals surface area contributed by atoms with Crippen LogP contribution in [0.3, 0.4) is 0 Å². The van der Waals surface area contributed by atoms with Gasteiger partial charge in [-0.3, -0.25) is 9.58 Å². The summed E-state index contributed by atoms with van der Waals surface area (Å²) in [5, 5.41) is 13.9. The largest absolute Gasteiger partial charge is 0.396 e. The maximum absolute atomic E-state index is 8.91. The maximum Gasteiger partial charge on any atom is 0.163 e. The maximum atomic E-state index is 8.91. The summed E-state index contributed by atoms with van der Waals surface area (Å²) in [4.78, 5) is 11.1. The Morgan fingerprint density at radius 2 is 2.25 bits per heavy atom. The molecule has 2 rings (SSSR count). The number of hydrogen-bond acceptors (Lipinski definition) is 7. The van der Waals surface area contributed by atoms with Crippen LogP contribution in [-0.4, -0.2) is 49.5 Å². The topological polar surface area (TPSA) is 105 Å².